The van der Waals surface area contributed by atoms with E-state index in [9.17, 15) is 19.7 Å². The fourth-order valence-electron chi connectivity index (χ4n) is 3.23. The van der Waals surface area contributed by atoms with E-state index in [2.05, 4.69) is 5.32 Å². The summed E-state index contributed by atoms with van der Waals surface area (Å²) < 4.78 is 10.6. The van der Waals surface area contributed by atoms with Crippen LogP contribution in [0.5, 0.6) is 11.5 Å². The topological polar surface area (TPSA) is 111 Å². The summed E-state index contributed by atoms with van der Waals surface area (Å²) in [5.41, 5.74) is 1.79. The molecule has 0 saturated heterocycles. The predicted octanol–water partition coefficient (Wildman–Crippen LogP) is 3.23. The zero-order valence-electron chi connectivity index (χ0n) is 18.8. The Morgan fingerprint density at radius 1 is 1.16 bits per heavy atom. The van der Waals surface area contributed by atoms with Crippen molar-refractivity contribution < 1.29 is 24.0 Å². The first-order valence-corrected chi connectivity index (χ1v) is 10.4. The number of amides is 2. The maximum Gasteiger partial charge on any atom is 0.311 e. The second-order valence-corrected chi connectivity index (χ2v) is 7.21. The lowest BCUT2D eigenvalue weighted by Crippen LogP contribution is -2.50. The van der Waals surface area contributed by atoms with Gasteiger partial charge in [-0.15, -0.1) is 0 Å². The summed E-state index contributed by atoms with van der Waals surface area (Å²) in [6.07, 6.45) is 0.439. The van der Waals surface area contributed by atoms with Gasteiger partial charge in [0.25, 0.3) is 5.91 Å². The molecule has 0 saturated carbocycles. The van der Waals surface area contributed by atoms with E-state index in [1.807, 2.05) is 45.0 Å². The van der Waals surface area contributed by atoms with Crippen molar-refractivity contribution in [3.05, 3.63) is 63.7 Å². The van der Waals surface area contributed by atoms with Crippen LogP contribution in [0.1, 0.15) is 31.4 Å². The zero-order chi connectivity index (χ0) is 23.7. The molecule has 2 aromatic carbocycles. The van der Waals surface area contributed by atoms with Crippen LogP contribution in [0.3, 0.4) is 0 Å². The minimum atomic E-state index is -0.654. The van der Waals surface area contributed by atoms with Crippen LogP contribution in [0.15, 0.2) is 42.5 Å². The number of ether oxygens (including phenoxy) is 2. The Labute approximate surface area is 187 Å². The fourth-order valence-corrected chi connectivity index (χ4v) is 3.23. The van der Waals surface area contributed by atoms with Gasteiger partial charge < -0.3 is 19.7 Å². The lowest BCUT2D eigenvalue weighted by molar-refractivity contribution is -0.385. The third-order valence-corrected chi connectivity index (χ3v) is 4.92. The number of carbonyl (C=O) groups excluding carboxylic acids is 2. The van der Waals surface area contributed by atoms with E-state index < -0.39 is 11.0 Å². The Kier molecular flexibility index (Phi) is 9.00. The zero-order valence-corrected chi connectivity index (χ0v) is 18.8. The van der Waals surface area contributed by atoms with E-state index in [-0.39, 0.29) is 42.2 Å². The minimum Gasteiger partial charge on any atom is -0.490 e. The van der Waals surface area contributed by atoms with Crippen molar-refractivity contribution >= 4 is 17.5 Å². The Morgan fingerprint density at radius 3 is 2.41 bits per heavy atom. The molecule has 0 heterocycles. The lowest BCUT2D eigenvalue weighted by Gasteiger charge is -2.30. The van der Waals surface area contributed by atoms with Crippen LogP contribution in [0.25, 0.3) is 0 Å². The number of nitrogens with zero attached hydrogens (tertiary/aromatic N) is 2. The highest BCUT2D eigenvalue weighted by molar-refractivity contribution is 5.88. The largest absolute Gasteiger partial charge is 0.490 e. The molecule has 0 fully saturated rings. The molecule has 0 radical (unpaired) electrons. The monoisotopic (exact) mass is 443 g/mol. The molecule has 0 bridgehead atoms. The van der Waals surface area contributed by atoms with Gasteiger partial charge in [-0.25, -0.2) is 0 Å². The summed E-state index contributed by atoms with van der Waals surface area (Å²) >= 11 is 0. The van der Waals surface area contributed by atoms with Crippen molar-refractivity contribution in [2.45, 2.75) is 39.8 Å². The second kappa shape index (κ2) is 11.7. The van der Waals surface area contributed by atoms with Crippen LogP contribution in [0.2, 0.25) is 0 Å². The first-order chi connectivity index (χ1) is 15.3. The Hall–Kier alpha value is -3.62. The third kappa shape index (κ3) is 6.44. The molecule has 2 amide bonds. The summed E-state index contributed by atoms with van der Waals surface area (Å²) in [6.45, 7) is 6.02. The number of rotatable bonds is 11. The van der Waals surface area contributed by atoms with Gasteiger partial charge in [0.05, 0.1) is 12.0 Å². The van der Waals surface area contributed by atoms with E-state index >= 15 is 0 Å². The number of likely N-dealkylation sites (N-methyl/N-ethyl adjacent to an activating group) is 1. The predicted molar refractivity (Wildman–Crippen MR) is 120 cm³/mol. The lowest BCUT2D eigenvalue weighted by atomic mass is 10.1. The molecule has 0 spiro atoms. The van der Waals surface area contributed by atoms with E-state index in [1.165, 1.54) is 30.2 Å². The Morgan fingerprint density at radius 2 is 1.84 bits per heavy atom. The molecular weight excluding hydrogens is 414 g/mol. The molecule has 172 valence electrons. The average Bonchev–Trinajstić information content (AvgIpc) is 2.78. The van der Waals surface area contributed by atoms with Gasteiger partial charge in [0, 0.05) is 25.2 Å². The number of methoxy groups -OCH3 is 1. The van der Waals surface area contributed by atoms with Crippen LogP contribution in [-0.2, 0) is 16.1 Å². The number of nitro benzene ring substituents is 1. The SMILES string of the molecule is CCNC(=O)C(CC)N(Cc1ccc(C)cc1)C(=O)COc1ccc([N+](=O)[O-])c(OC)c1. The van der Waals surface area contributed by atoms with Crippen LogP contribution >= 0.6 is 0 Å². The van der Waals surface area contributed by atoms with Gasteiger partial charge >= 0.3 is 5.69 Å². The van der Waals surface area contributed by atoms with Gasteiger partial charge in [-0.3, -0.25) is 19.7 Å². The van der Waals surface area contributed by atoms with Crippen LogP contribution < -0.4 is 14.8 Å². The molecule has 0 aliphatic carbocycles. The average molecular weight is 444 g/mol. The molecular formula is C23H29N3O6. The van der Waals surface area contributed by atoms with Crippen molar-refractivity contribution in [2.24, 2.45) is 0 Å². The number of benzene rings is 2. The normalized spacial score (nSPS) is 11.4. The second-order valence-electron chi connectivity index (χ2n) is 7.21. The summed E-state index contributed by atoms with van der Waals surface area (Å²) in [7, 11) is 1.32. The number of aryl methyl sites for hydroxylation is 1. The third-order valence-electron chi connectivity index (χ3n) is 4.92. The molecule has 1 atom stereocenters. The highest BCUT2D eigenvalue weighted by Gasteiger charge is 2.28. The number of carbonyl (C=O) groups is 2. The summed E-state index contributed by atoms with van der Waals surface area (Å²) in [4.78, 5) is 37.7. The van der Waals surface area contributed by atoms with Crippen molar-refractivity contribution in [3.8, 4) is 11.5 Å². The summed E-state index contributed by atoms with van der Waals surface area (Å²) in [5.74, 6) is -0.319. The number of nitrogens with one attached hydrogen (secondary N) is 1. The molecule has 9 heteroatoms. The van der Waals surface area contributed by atoms with E-state index in [0.29, 0.717) is 13.0 Å². The molecule has 2 rings (SSSR count). The Bertz CT molecular complexity index is 945. The first-order valence-electron chi connectivity index (χ1n) is 10.4. The first kappa shape index (κ1) is 24.6. The maximum absolute atomic E-state index is 13.1. The molecule has 0 aromatic heterocycles. The number of hydrogen-bond donors (Lipinski definition) is 1. The van der Waals surface area contributed by atoms with Crippen molar-refractivity contribution in [2.75, 3.05) is 20.3 Å². The van der Waals surface area contributed by atoms with Crippen LogP contribution in [-0.4, -0.2) is 47.9 Å². The van der Waals surface area contributed by atoms with Crippen LogP contribution in [0.4, 0.5) is 5.69 Å². The minimum absolute atomic E-state index is 0.0326. The van der Waals surface area contributed by atoms with Gasteiger partial charge in [0.15, 0.2) is 6.61 Å². The highest BCUT2D eigenvalue weighted by Crippen LogP contribution is 2.30. The molecule has 2 aromatic rings. The van der Waals surface area contributed by atoms with Gasteiger partial charge in [0.2, 0.25) is 11.7 Å². The van der Waals surface area contributed by atoms with Crippen molar-refractivity contribution in [1.29, 1.82) is 0 Å². The Balaban J connectivity index is 2.22. The highest BCUT2D eigenvalue weighted by atomic mass is 16.6. The smallest absolute Gasteiger partial charge is 0.311 e. The molecule has 1 N–H and O–H groups in total. The molecule has 0 aliphatic rings. The molecule has 1 unspecified atom stereocenters. The summed E-state index contributed by atoms with van der Waals surface area (Å²) in [5, 5.41) is 13.8. The quantitative estimate of drug-likeness (QED) is 0.422. The molecule has 32 heavy (non-hydrogen) atoms. The van der Waals surface area contributed by atoms with Gasteiger partial charge in [-0.05, 0) is 31.9 Å². The van der Waals surface area contributed by atoms with Crippen molar-refractivity contribution in [1.82, 2.24) is 10.2 Å². The molecule has 9 nitrogen and oxygen atoms in total. The number of nitro groups is 1. The van der Waals surface area contributed by atoms with Crippen LogP contribution in [0, 0.1) is 17.0 Å². The maximum atomic E-state index is 13.1. The van der Waals surface area contributed by atoms with Gasteiger partial charge in [-0.2, -0.15) is 0 Å². The van der Waals surface area contributed by atoms with Gasteiger partial charge in [-0.1, -0.05) is 36.8 Å². The van der Waals surface area contributed by atoms with Crippen molar-refractivity contribution in [3.63, 3.8) is 0 Å². The van der Waals surface area contributed by atoms with E-state index in [0.717, 1.165) is 11.1 Å². The summed E-state index contributed by atoms with van der Waals surface area (Å²) in [6, 6.07) is 11.1. The van der Waals surface area contributed by atoms with E-state index in [1.54, 1.807) is 0 Å². The standard InChI is InChI=1S/C23H29N3O6/c1-5-19(23(28)24-6-2)25(14-17-9-7-16(3)8-10-17)22(27)15-32-18-11-12-20(26(29)30)21(13-18)31-4/h7-13,19H,5-6,14-15H2,1-4H3,(H,24,28). The molecule has 0 aliphatic heterocycles. The van der Waals surface area contributed by atoms with Gasteiger partial charge in [0.1, 0.15) is 11.8 Å². The fraction of sp³-hybridized carbons (Fsp3) is 0.391. The van der Waals surface area contributed by atoms with E-state index in [4.69, 9.17) is 9.47 Å². The number of hydrogen-bond acceptors (Lipinski definition) is 6.